The van der Waals surface area contributed by atoms with E-state index in [0.29, 0.717) is 61.9 Å². The summed E-state index contributed by atoms with van der Waals surface area (Å²) in [6, 6.07) is 1.67. The average molecular weight is 491 g/mol. The molecule has 1 aromatic rings. The maximum absolute atomic E-state index is 13.1. The molecule has 0 bridgehead atoms. The molecule has 36 heavy (non-hydrogen) atoms. The number of amides is 3. The van der Waals surface area contributed by atoms with Crippen LogP contribution in [0.25, 0.3) is 0 Å². The van der Waals surface area contributed by atoms with Gasteiger partial charge in [0, 0.05) is 38.0 Å². The zero-order valence-corrected chi connectivity index (χ0v) is 21.8. The van der Waals surface area contributed by atoms with Gasteiger partial charge in [0.1, 0.15) is 5.69 Å². The van der Waals surface area contributed by atoms with E-state index in [1.54, 1.807) is 29.3 Å². The topological polar surface area (TPSA) is 122 Å². The number of aromatic nitrogens is 1. The van der Waals surface area contributed by atoms with E-state index in [2.05, 4.69) is 29.5 Å². The molecule has 8 heteroatoms. The van der Waals surface area contributed by atoms with Crippen molar-refractivity contribution in [1.29, 1.82) is 10.8 Å². The third-order valence-electron chi connectivity index (χ3n) is 6.45. The highest BCUT2D eigenvalue weighted by atomic mass is 16.2. The quantitative estimate of drug-likeness (QED) is 0.379. The molecule has 3 amide bonds. The van der Waals surface area contributed by atoms with Gasteiger partial charge in [-0.2, -0.15) is 0 Å². The molecule has 0 fully saturated rings. The Hall–Kier alpha value is -3.55. The summed E-state index contributed by atoms with van der Waals surface area (Å²) < 4.78 is 0. The molecule has 1 unspecified atom stereocenters. The van der Waals surface area contributed by atoms with Gasteiger partial charge in [0.2, 0.25) is 0 Å². The Morgan fingerprint density at radius 3 is 2.75 bits per heavy atom. The predicted molar refractivity (Wildman–Crippen MR) is 144 cm³/mol. The number of carbonyl (C=O) groups excluding carboxylic acids is 2. The molecule has 4 N–H and O–H groups in total. The SMILES string of the molecule is CCNC(=O)N1CCc2cnc(C(=O)NC3(C)C=CC=C(C(=N)/C=C\C(=N)CCC(C)C)C3)cc2C1. The molecule has 0 saturated heterocycles. The van der Waals surface area contributed by atoms with Crippen molar-refractivity contribution in [3.8, 4) is 0 Å². The Balaban J connectivity index is 1.63. The van der Waals surface area contributed by atoms with Crippen molar-refractivity contribution in [2.75, 3.05) is 13.1 Å². The monoisotopic (exact) mass is 490 g/mol. The van der Waals surface area contributed by atoms with E-state index in [9.17, 15) is 9.59 Å². The van der Waals surface area contributed by atoms with Crippen molar-refractivity contribution >= 4 is 23.4 Å². The Bertz CT molecular complexity index is 1120. The van der Waals surface area contributed by atoms with Gasteiger partial charge in [0.25, 0.3) is 5.91 Å². The number of fused-ring (bicyclic) bond motifs is 1. The van der Waals surface area contributed by atoms with Crippen molar-refractivity contribution < 1.29 is 9.59 Å². The van der Waals surface area contributed by atoms with Crippen LogP contribution in [-0.4, -0.2) is 51.9 Å². The molecule has 0 aromatic carbocycles. The summed E-state index contributed by atoms with van der Waals surface area (Å²) in [5.74, 6) is 0.247. The first-order chi connectivity index (χ1) is 17.1. The second-order valence-corrected chi connectivity index (χ2v) is 10.1. The molecule has 1 aliphatic carbocycles. The van der Waals surface area contributed by atoms with Gasteiger partial charge in [-0.25, -0.2) is 4.79 Å². The van der Waals surface area contributed by atoms with Crippen LogP contribution >= 0.6 is 0 Å². The molecule has 8 nitrogen and oxygen atoms in total. The van der Waals surface area contributed by atoms with E-state index in [-0.39, 0.29) is 11.9 Å². The zero-order valence-electron chi connectivity index (χ0n) is 21.8. The molecule has 2 aliphatic rings. The summed E-state index contributed by atoms with van der Waals surface area (Å²) in [5, 5.41) is 22.4. The van der Waals surface area contributed by atoms with Gasteiger partial charge >= 0.3 is 6.03 Å². The molecular weight excluding hydrogens is 452 g/mol. The van der Waals surface area contributed by atoms with Crippen LogP contribution in [0.1, 0.15) is 68.6 Å². The summed E-state index contributed by atoms with van der Waals surface area (Å²) in [5.41, 5.74) is 3.28. The number of carbonyl (C=O) groups is 2. The van der Waals surface area contributed by atoms with E-state index in [0.717, 1.165) is 23.1 Å². The van der Waals surface area contributed by atoms with E-state index < -0.39 is 5.54 Å². The van der Waals surface area contributed by atoms with Gasteiger partial charge in [0.05, 0.1) is 11.3 Å². The lowest BCUT2D eigenvalue weighted by atomic mass is 9.85. The molecular formula is C28H38N6O2. The first kappa shape index (κ1) is 27.0. The third kappa shape index (κ3) is 7.23. The van der Waals surface area contributed by atoms with Crippen LogP contribution in [0.2, 0.25) is 0 Å². The summed E-state index contributed by atoms with van der Waals surface area (Å²) in [4.78, 5) is 31.5. The fourth-order valence-electron chi connectivity index (χ4n) is 4.30. The summed E-state index contributed by atoms with van der Waals surface area (Å²) >= 11 is 0. The van der Waals surface area contributed by atoms with Crippen molar-refractivity contribution in [1.82, 2.24) is 20.5 Å². The number of pyridine rings is 1. The molecule has 0 spiro atoms. The molecule has 0 radical (unpaired) electrons. The van der Waals surface area contributed by atoms with Crippen LogP contribution in [0, 0.1) is 16.7 Å². The predicted octanol–water partition coefficient (Wildman–Crippen LogP) is 4.58. The van der Waals surface area contributed by atoms with E-state index in [4.69, 9.17) is 10.8 Å². The molecule has 2 heterocycles. The fourth-order valence-corrected chi connectivity index (χ4v) is 4.30. The summed E-state index contributed by atoms with van der Waals surface area (Å²) in [7, 11) is 0. The van der Waals surface area contributed by atoms with Crippen LogP contribution in [-0.2, 0) is 13.0 Å². The number of rotatable bonds is 9. The summed E-state index contributed by atoms with van der Waals surface area (Å²) in [6.45, 7) is 9.72. The molecule has 1 atom stereocenters. The van der Waals surface area contributed by atoms with E-state index >= 15 is 0 Å². The number of nitrogens with zero attached hydrogens (tertiary/aromatic N) is 2. The minimum atomic E-state index is -0.670. The highest BCUT2D eigenvalue weighted by molar-refractivity contribution is 6.10. The lowest BCUT2D eigenvalue weighted by molar-refractivity contribution is 0.0917. The molecule has 0 saturated carbocycles. The Morgan fingerprint density at radius 2 is 2.03 bits per heavy atom. The van der Waals surface area contributed by atoms with Crippen LogP contribution in [0.15, 0.2) is 48.2 Å². The number of hydrogen-bond acceptors (Lipinski definition) is 5. The van der Waals surface area contributed by atoms with Gasteiger partial charge < -0.3 is 26.4 Å². The molecule has 192 valence electrons. The minimum Gasteiger partial charge on any atom is -0.342 e. The fraction of sp³-hybridized carbons (Fsp3) is 0.464. The van der Waals surface area contributed by atoms with Crippen LogP contribution in [0.5, 0.6) is 0 Å². The van der Waals surface area contributed by atoms with Crippen molar-refractivity contribution in [2.45, 2.75) is 65.5 Å². The summed E-state index contributed by atoms with van der Waals surface area (Å²) in [6.07, 6.45) is 13.6. The largest absolute Gasteiger partial charge is 0.342 e. The number of nitrogens with one attached hydrogen (secondary N) is 4. The normalized spacial score (nSPS) is 19.1. The lowest BCUT2D eigenvalue weighted by Crippen LogP contribution is -2.46. The highest BCUT2D eigenvalue weighted by Crippen LogP contribution is 2.25. The van der Waals surface area contributed by atoms with Gasteiger partial charge in [-0.1, -0.05) is 32.1 Å². The Labute approximate surface area is 214 Å². The van der Waals surface area contributed by atoms with Crippen molar-refractivity contribution in [2.24, 2.45) is 5.92 Å². The Morgan fingerprint density at radius 1 is 1.25 bits per heavy atom. The van der Waals surface area contributed by atoms with Crippen LogP contribution in [0.3, 0.4) is 0 Å². The highest BCUT2D eigenvalue weighted by Gasteiger charge is 2.29. The first-order valence-electron chi connectivity index (χ1n) is 12.7. The first-order valence-corrected chi connectivity index (χ1v) is 12.7. The van der Waals surface area contributed by atoms with Crippen LogP contribution in [0.4, 0.5) is 4.79 Å². The molecule has 1 aromatic heterocycles. The van der Waals surface area contributed by atoms with Gasteiger partial charge in [-0.3, -0.25) is 9.78 Å². The van der Waals surface area contributed by atoms with E-state index in [1.807, 2.05) is 32.1 Å². The molecule has 1 aliphatic heterocycles. The second kappa shape index (κ2) is 11.9. The molecule has 3 rings (SSSR count). The van der Waals surface area contributed by atoms with Crippen molar-refractivity contribution in [3.05, 3.63) is 65.0 Å². The van der Waals surface area contributed by atoms with Crippen molar-refractivity contribution in [3.63, 3.8) is 0 Å². The van der Waals surface area contributed by atoms with E-state index in [1.165, 1.54) is 0 Å². The van der Waals surface area contributed by atoms with Gasteiger partial charge in [0.15, 0.2) is 0 Å². The zero-order chi connectivity index (χ0) is 26.3. The second-order valence-electron chi connectivity index (χ2n) is 10.1. The maximum atomic E-state index is 13.1. The maximum Gasteiger partial charge on any atom is 0.317 e. The number of allylic oxidation sites excluding steroid dienone is 4. The van der Waals surface area contributed by atoms with Gasteiger partial charge in [-0.05, 0) is 73.9 Å². The Kier molecular flexibility index (Phi) is 8.96. The standard InChI is InChI=1S/C28H38N6O2/c1-5-31-27(36)34-14-12-21-17-32-25(15-22(21)18-34)26(35)33-28(4)13-6-7-20(16-28)24(30)11-10-23(29)9-8-19(2)3/h6-7,10-11,13,15,17,19,29-30H,5,8-9,12,14,16,18H2,1-4H3,(H,31,36)(H,33,35)/b11-10-,29-23?,30-24?. The lowest BCUT2D eigenvalue weighted by Gasteiger charge is -2.31. The number of urea groups is 1. The number of hydrogen-bond donors (Lipinski definition) is 4. The minimum absolute atomic E-state index is 0.100. The smallest absolute Gasteiger partial charge is 0.317 e. The van der Waals surface area contributed by atoms with Crippen LogP contribution < -0.4 is 10.6 Å². The average Bonchev–Trinajstić information content (AvgIpc) is 2.85. The van der Waals surface area contributed by atoms with Gasteiger partial charge in [-0.15, -0.1) is 0 Å². The third-order valence-corrected chi connectivity index (χ3v) is 6.45.